The van der Waals surface area contributed by atoms with Gasteiger partial charge in [0.05, 0.1) is 5.92 Å². The molecule has 0 aliphatic rings. The van der Waals surface area contributed by atoms with E-state index in [1.165, 1.54) is 12.1 Å². The standard InChI is InChI=1S/C12H14BrFO2/c1-12(2,3)10(11(15)16)8-5-4-7(13)6-9(8)14/h4-6,10H,1-3H3,(H,15,16). The molecule has 0 bridgehead atoms. The zero-order valence-electron chi connectivity index (χ0n) is 9.42. The first-order chi connectivity index (χ1) is 7.23. The summed E-state index contributed by atoms with van der Waals surface area (Å²) in [7, 11) is 0. The van der Waals surface area contributed by atoms with Gasteiger partial charge in [0, 0.05) is 10.0 Å². The fourth-order valence-corrected chi connectivity index (χ4v) is 2.04. The molecule has 1 atom stereocenters. The molecule has 0 aliphatic carbocycles. The SMILES string of the molecule is CC(C)(C)C(C(=O)O)c1ccc(Br)cc1F. The second kappa shape index (κ2) is 4.53. The van der Waals surface area contributed by atoms with E-state index in [0.29, 0.717) is 4.47 Å². The molecule has 0 heterocycles. The zero-order valence-corrected chi connectivity index (χ0v) is 11.0. The van der Waals surface area contributed by atoms with Gasteiger partial charge in [-0.05, 0) is 17.5 Å². The maximum Gasteiger partial charge on any atom is 0.311 e. The van der Waals surface area contributed by atoms with E-state index >= 15 is 0 Å². The van der Waals surface area contributed by atoms with Crippen LogP contribution in [0.3, 0.4) is 0 Å². The number of carboxylic acids is 1. The predicted octanol–water partition coefficient (Wildman–Crippen LogP) is 3.80. The van der Waals surface area contributed by atoms with Crippen LogP contribution < -0.4 is 0 Å². The second-order valence-electron chi connectivity index (χ2n) is 4.80. The van der Waals surface area contributed by atoms with Crippen molar-refractivity contribution in [3.05, 3.63) is 34.1 Å². The number of carbonyl (C=O) groups is 1. The number of rotatable bonds is 2. The molecule has 16 heavy (non-hydrogen) atoms. The Balaban J connectivity index is 3.28. The average molecular weight is 289 g/mol. The van der Waals surface area contributed by atoms with Gasteiger partial charge in [-0.1, -0.05) is 42.8 Å². The van der Waals surface area contributed by atoms with Crippen molar-refractivity contribution in [1.29, 1.82) is 0 Å². The number of hydrogen-bond acceptors (Lipinski definition) is 1. The first-order valence-electron chi connectivity index (χ1n) is 4.91. The Labute approximate surface area is 103 Å². The van der Waals surface area contributed by atoms with Crippen molar-refractivity contribution in [3.8, 4) is 0 Å². The Morgan fingerprint density at radius 2 is 2.00 bits per heavy atom. The number of aliphatic carboxylic acids is 1. The van der Waals surface area contributed by atoms with Crippen LogP contribution in [0.4, 0.5) is 4.39 Å². The van der Waals surface area contributed by atoms with E-state index in [0.717, 1.165) is 0 Å². The summed E-state index contributed by atoms with van der Waals surface area (Å²) in [5, 5.41) is 9.18. The minimum Gasteiger partial charge on any atom is -0.481 e. The van der Waals surface area contributed by atoms with Crippen LogP contribution in [0.5, 0.6) is 0 Å². The van der Waals surface area contributed by atoms with Crippen LogP contribution in [-0.2, 0) is 4.79 Å². The lowest BCUT2D eigenvalue weighted by Gasteiger charge is -2.27. The van der Waals surface area contributed by atoms with Crippen LogP contribution in [0.25, 0.3) is 0 Å². The summed E-state index contributed by atoms with van der Waals surface area (Å²) >= 11 is 3.15. The Morgan fingerprint density at radius 1 is 1.44 bits per heavy atom. The lowest BCUT2D eigenvalue weighted by Crippen LogP contribution is -2.27. The van der Waals surface area contributed by atoms with Crippen LogP contribution >= 0.6 is 15.9 Å². The molecule has 4 heteroatoms. The summed E-state index contributed by atoms with van der Waals surface area (Å²) in [6.07, 6.45) is 0. The fourth-order valence-electron chi connectivity index (χ4n) is 1.71. The van der Waals surface area contributed by atoms with Crippen LogP contribution in [0.1, 0.15) is 32.3 Å². The molecule has 2 nitrogen and oxygen atoms in total. The quantitative estimate of drug-likeness (QED) is 0.899. The van der Waals surface area contributed by atoms with Crippen molar-refractivity contribution in [3.63, 3.8) is 0 Å². The monoisotopic (exact) mass is 288 g/mol. The van der Waals surface area contributed by atoms with Gasteiger partial charge in [0.2, 0.25) is 0 Å². The highest BCUT2D eigenvalue weighted by Gasteiger charge is 2.34. The Kier molecular flexibility index (Phi) is 3.73. The predicted molar refractivity (Wildman–Crippen MR) is 63.9 cm³/mol. The number of hydrogen-bond donors (Lipinski definition) is 1. The van der Waals surface area contributed by atoms with E-state index in [1.807, 2.05) is 0 Å². The van der Waals surface area contributed by atoms with Gasteiger partial charge in [0.25, 0.3) is 0 Å². The van der Waals surface area contributed by atoms with Gasteiger partial charge < -0.3 is 5.11 Å². The van der Waals surface area contributed by atoms with E-state index in [2.05, 4.69) is 15.9 Å². The summed E-state index contributed by atoms with van der Waals surface area (Å²) in [5.41, 5.74) is -0.302. The summed E-state index contributed by atoms with van der Waals surface area (Å²) in [6, 6.07) is 4.46. The summed E-state index contributed by atoms with van der Waals surface area (Å²) in [6.45, 7) is 5.35. The van der Waals surface area contributed by atoms with Crippen molar-refractivity contribution in [1.82, 2.24) is 0 Å². The van der Waals surface area contributed by atoms with Gasteiger partial charge in [-0.25, -0.2) is 4.39 Å². The Hall–Kier alpha value is -0.900. The summed E-state index contributed by atoms with van der Waals surface area (Å²) < 4.78 is 14.3. The number of benzene rings is 1. The number of carboxylic acid groups (broad SMARTS) is 1. The molecule has 1 aromatic carbocycles. The maximum atomic E-state index is 13.7. The Bertz CT molecular complexity index is 410. The molecule has 0 saturated carbocycles. The zero-order chi connectivity index (χ0) is 12.5. The topological polar surface area (TPSA) is 37.3 Å². The van der Waals surface area contributed by atoms with Crippen LogP contribution in [0, 0.1) is 11.2 Å². The molecular weight excluding hydrogens is 275 g/mol. The second-order valence-corrected chi connectivity index (χ2v) is 5.72. The third-order valence-corrected chi connectivity index (χ3v) is 2.88. The lowest BCUT2D eigenvalue weighted by atomic mass is 9.76. The van der Waals surface area contributed by atoms with E-state index in [9.17, 15) is 14.3 Å². The van der Waals surface area contributed by atoms with E-state index in [-0.39, 0.29) is 5.56 Å². The minimum atomic E-state index is -1.01. The van der Waals surface area contributed by atoms with Gasteiger partial charge in [-0.3, -0.25) is 4.79 Å². The normalized spacial score (nSPS) is 13.6. The van der Waals surface area contributed by atoms with Crippen molar-refractivity contribution in [2.75, 3.05) is 0 Å². The molecule has 1 rings (SSSR count). The van der Waals surface area contributed by atoms with E-state index in [1.54, 1.807) is 26.8 Å². The maximum absolute atomic E-state index is 13.7. The Morgan fingerprint density at radius 3 is 2.38 bits per heavy atom. The minimum absolute atomic E-state index is 0.225. The molecule has 0 aromatic heterocycles. The van der Waals surface area contributed by atoms with E-state index in [4.69, 9.17) is 0 Å². The average Bonchev–Trinajstić information content (AvgIpc) is 2.06. The fraction of sp³-hybridized carbons (Fsp3) is 0.417. The van der Waals surface area contributed by atoms with Crippen LogP contribution in [-0.4, -0.2) is 11.1 Å². The molecular formula is C12H14BrFO2. The number of halogens is 2. The molecule has 0 aliphatic heterocycles. The van der Waals surface area contributed by atoms with Crippen LogP contribution in [0.15, 0.2) is 22.7 Å². The highest BCUT2D eigenvalue weighted by atomic mass is 79.9. The third kappa shape index (κ3) is 2.82. The van der Waals surface area contributed by atoms with Crippen molar-refractivity contribution < 1.29 is 14.3 Å². The van der Waals surface area contributed by atoms with Crippen LogP contribution in [0.2, 0.25) is 0 Å². The van der Waals surface area contributed by atoms with Gasteiger partial charge in [0.1, 0.15) is 5.82 Å². The molecule has 0 saturated heterocycles. The first-order valence-corrected chi connectivity index (χ1v) is 5.70. The highest BCUT2D eigenvalue weighted by molar-refractivity contribution is 9.10. The molecule has 0 spiro atoms. The largest absolute Gasteiger partial charge is 0.481 e. The molecule has 0 radical (unpaired) electrons. The first kappa shape index (κ1) is 13.2. The molecule has 1 unspecified atom stereocenters. The highest BCUT2D eigenvalue weighted by Crippen LogP contribution is 2.37. The van der Waals surface area contributed by atoms with Crippen molar-refractivity contribution in [2.24, 2.45) is 5.41 Å². The molecule has 0 amide bonds. The molecule has 1 aromatic rings. The van der Waals surface area contributed by atoms with E-state index < -0.39 is 23.1 Å². The van der Waals surface area contributed by atoms with Gasteiger partial charge in [0.15, 0.2) is 0 Å². The summed E-state index contributed by atoms with van der Waals surface area (Å²) in [4.78, 5) is 11.2. The third-order valence-electron chi connectivity index (χ3n) is 2.39. The van der Waals surface area contributed by atoms with Gasteiger partial charge >= 0.3 is 5.97 Å². The lowest BCUT2D eigenvalue weighted by molar-refractivity contribution is -0.141. The van der Waals surface area contributed by atoms with Gasteiger partial charge in [-0.15, -0.1) is 0 Å². The van der Waals surface area contributed by atoms with Crippen molar-refractivity contribution in [2.45, 2.75) is 26.7 Å². The van der Waals surface area contributed by atoms with Gasteiger partial charge in [-0.2, -0.15) is 0 Å². The smallest absolute Gasteiger partial charge is 0.311 e. The molecule has 1 N–H and O–H groups in total. The summed E-state index contributed by atoms with van der Waals surface area (Å²) in [5.74, 6) is -2.34. The van der Waals surface area contributed by atoms with Crippen molar-refractivity contribution >= 4 is 21.9 Å². The molecule has 88 valence electrons. The molecule has 0 fully saturated rings.